The summed E-state index contributed by atoms with van der Waals surface area (Å²) < 4.78 is 6.35. The Morgan fingerprint density at radius 1 is 1.50 bits per heavy atom. The number of aliphatic hydroxyl groups is 1. The van der Waals surface area contributed by atoms with Crippen molar-refractivity contribution in [3.05, 3.63) is 28.2 Å². The molecule has 0 fully saturated rings. The maximum absolute atomic E-state index is 9.50. The van der Waals surface area contributed by atoms with Crippen LogP contribution in [-0.4, -0.2) is 31.5 Å². The Labute approximate surface area is 104 Å². The minimum atomic E-state index is -0.604. The molecule has 1 aromatic rings. The summed E-state index contributed by atoms with van der Waals surface area (Å²) in [6, 6.07) is 5.80. The van der Waals surface area contributed by atoms with Gasteiger partial charge in [-0.2, -0.15) is 0 Å². The number of hydroxylamine groups is 1. The summed E-state index contributed by atoms with van der Waals surface area (Å²) in [5.74, 6) is 0.724. The minimum absolute atomic E-state index is 0.220. The summed E-state index contributed by atoms with van der Waals surface area (Å²) in [7, 11) is 1.50. The Kier molecular flexibility index (Phi) is 5.76. The van der Waals surface area contributed by atoms with Crippen molar-refractivity contribution in [2.24, 2.45) is 0 Å². The van der Waals surface area contributed by atoms with E-state index in [-0.39, 0.29) is 6.61 Å². The lowest BCUT2D eigenvalue weighted by molar-refractivity contribution is 0.0320. The molecular formula is C11H16BrNO3. The lowest BCUT2D eigenvalue weighted by atomic mass is 10.2. The number of hydrogen-bond acceptors (Lipinski definition) is 4. The van der Waals surface area contributed by atoms with Gasteiger partial charge in [0.2, 0.25) is 0 Å². The topological polar surface area (TPSA) is 50.7 Å². The summed E-state index contributed by atoms with van der Waals surface area (Å²) >= 11 is 3.40. The van der Waals surface area contributed by atoms with Crippen LogP contribution in [0.1, 0.15) is 5.56 Å². The van der Waals surface area contributed by atoms with Gasteiger partial charge >= 0.3 is 0 Å². The third-order valence-corrected chi connectivity index (χ3v) is 2.60. The van der Waals surface area contributed by atoms with Crippen LogP contribution in [0.25, 0.3) is 0 Å². The summed E-state index contributed by atoms with van der Waals surface area (Å²) in [4.78, 5) is 4.63. The molecule has 5 heteroatoms. The fourth-order valence-corrected chi connectivity index (χ4v) is 1.76. The molecule has 0 aliphatic carbocycles. The van der Waals surface area contributed by atoms with Crippen LogP contribution in [0.15, 0.2) is 22.7 Å². The molecule has 1 atom stereocenters. The van der Waals surface area contributed by atoms with Gasteiger partial charge < -0.3 is 14.7 Å². The van der Waals surface area contributed by atoms with E-state index >= 15 is 0 Å². The van der Waals surface area contributed by atoms with Crippen molar-refractivity contribution in [3.63, 3.8) is 0 Å². The molecule has 0 bridgehead atoms. The van der Waals surface area contributed by atoms with Crippen LogP contribution in [0.3, 0.4) is 0 Å². The molecule has 1 rings (SSSR count). The number of benzene rings is 1. The standard InChI is InChI=1S/C11H16BrNO3/c1-8-3-4-11(10(12)5-8)16-7-9(14)6-13-15-2/h3-5,9,13-14H,6-7H2,1-2H3. The number of nitrogens with one attached hydrogen (secondary N) is 1. The first-order valence-corrected chi connectivity index (χ1v) is 5.75. The normalized spacial score (nSPS) is 12.5. The Bertz CT molecular complexity index is 333. The largest absolute Gasteiger partial charge is 0.490 e. The highest BCUT2D eigenvalue weighted by molar-refractivity contribution is 9.10. The lowest BCUT2D eigenvalue weighted by Gasteiger charge is -2.13. The van der Waals surface area contributed by atoms with Gasteiger partial charge in [-0.25, -0.2) is 5.48 Å². The summed E-state index contributed by atoms with van der Waals surface area (Å²) in [5.41, 5.74) is 3.72. The van der Waals surface area contributed by atoms with Crippen molar-refractivity contribution < 1.29 is 14.7 Å². The van der Waals surface area contributed by atoms with Gasteiger partial charge in [-0.15, -0.1) is 0 Å². The van der Waals surface area contributed by atoms with Gasteiger partial charge in [-0.1, -0.05) is 6.07 Å². The molecule has 0 aliphatic rings. The van der Waals surface area contributed by atoms with Crippen LogP contribution >= 0.6 is 15.9 Å². The van der Waals surface area contributed by atoms with Gasteiger partial charge in [0.1, 0.15) is 18.5 Å². The SMILES string of the molecule is CONCC(O)COc1ccc(C)cc1Br. The van der Waals surface area contributed by atoms with Gasteiger partial charge in [-0.3, -0.25) is 0 Å². The maximum atomic E-state index is 9.50. The third-order valence-electron chi connectivity index (χ3n) is 1.98. The monoisotopic (exact) mass is 289 g/mol. The number of rotatable bonds is 6. The molecule has 4 nitrogen and oxygen atoms in total. The molecule has 0 aliphatic heterocycles. The third kappa shape index (κ3) is 4.49. The van der Waals surface area contributed by atoms with Crippen molar-refractivity contribution >= 4 is 15.9 Å². The molecule has 1 aromatic carbocycles. The van der Waals surface area contributed by atoms with E-state index in [0.29, 0.717) is 6.54 Å². The van der Waals surface area contributed by atoms with Gasteiger partial charge in [0.05, 0.1) is 18.1 Å². The average molecular weight is 290 g/mol. The number of aryl methyl sites for hydroxylation is 1. The highest BCUT2D eigenvalue weighted by Gasteiger charge is 2.06. The van der Waals surface area contributed by atoms with Crippen LogP contribution in [0.5, 0.6) is 5.75 Å². The van der Waals surface area contributed by atoms with E-state index in [4.69, 9.17) is 4.74 Å². The molecule has 0 spiro atoms. The molecule has 0 heterocycles. The zero-order valence-corrected chi connectivity index (χ0v) is 11.0. The van der Waals surface area contributed by atoms with Gasteiger partial charge in [0.15, 0.2) is 0 Å². The Balaban J connectivity index is 2.42. The van der Waals surface area contributed by atoms with E-state index < -0.39 is 6.10 Å². The highest BCUT2D eigenvalue weighted by Crippen LogP contribution is 2.25. The molecule has 90 valence electrons. The molecule has 1 unspecified atom stereocenters. The maximum Gasteiger partial charge on any atom is 0.133 e. The van der Waals surface area contributed by atoms with Crippen molar-refractivity contribution in [1.29, 1.82) is 0 Å². The van der Waals surface area contributed by atoms with Crippen LogP contribution in [0.2, 0.25) is 0 Å². The number of aliphatic hydroxyl groups excluding tert-OH is 1. The second-order valence-corrected chi connectivity index (χ2v) is 4.31. The predicted molar refractivity (Wildman–Crippen MR) is 65.4 cm³/mol. The fourth-order valence-electron chi connectivity index (χ4n) is 1.15. The molecule has 0 amide bonds. The first-order valence-electron chi connectivity index (χ1n) is 4.96. The fraction of sp³-hybridized carbons (Fsp3) is 0.455. The summed E-state index contributed by atoms with van der Waals surface area (Å²) in [5, 5.41) is 9.50. The Morgan fingerprint density at radius 2 is 2.25 bits per heavy atom. The van der Waals surface area contributed by atoms with E-state index in [1.807, 2.05) is 25.1 Å². The van der Waals surface area contributed by atoms with E-state index in [9.17, 15) is 5.11 Å². The number of ether oxygens (including phenoxy) is 1. The molecular weight excluding hydrogens is 274 g/mol. The smallest absolute Gasteiger partial charge is 0.133 e. The predicted octanol–water partition coefficient (Wildman–Crippen LogP) is 1.65. The lowest BCUT2D eigenvalue weighted by Crippen LogP contribution is -2.30. The molecule has 0 saturated heterocycles. The summed E-state index contributed by atoms with van der Waals surface area (Å²) in [6.45, 7) is 2.56. The van der Waals surface area contributed by atoms with Crippen molar-refractivity contribution in [3.8, 4) is 5.75 Å². The van der Waals surface area contributed by atoms with Crippen LogP contribution in [-0.2, 0) is 4.84 Å². The molecule has 0 radical (unpaired) electrons. The van der Waals surface area contributed by atoms with Gasteiger partial charge in [0.25, 0.3) is 0 Å². The molecule has 16 heavy (non-hydrogen) atoms. The van der Waals surface area contributed by atoms with E-state index in [0.717, 1.165) is 15.8 Å². The Hall–Kier alpha value is -0.620. The van der Waals surface area contributed by atoms with Gasteiger partial charge in [0, 0.05) is 0 Å². The zero-order valence-electron chi connectivity index (χ0n) is 9.37. The number of hydrogen-bond donors (Lipinski definition) is 2. The second-order valence-electron chi connectivity index (χ2n) is 3.45. The minimum Gasteiger partial charge on any atom is -0.490 e. The highest BCUT2D eigenvalue weighted by atomic mass is 79.9. The van der Waals surface area contributed by atoms with Crippen LogP contribution in [0.4, 0.5) is 0 Å². The summed E-state index contributed by atoms with van der Waals surface area (Å²) in [6.07, 6.45) is -0.604. The van der Waals surface area contributed by atoms with Gasteiger partial charge in [-0.05, 0) is 40.5 Å². The van der Waals surface area contributed by atoms with E-state index in [2.05, 4.69) is 26.2 Å². The van der Waals surface area contributed by atoms with Crippen molar-refractivity contribution in [2.75, 3.05) is 20.3 Å². The van der Waals surface area contributed by atoms with Crippen LogP contribution in [0, 0.1) is 6.92 Å². The Morgan fingerprint density at radius 3 is 2.88 bits per heavy atom. The van der Waals surface area contributed by atoms with Crippen molar-refractivity contribution in [2.45, 2.75) is 13.0 Å². The average Bonchev–Trinajstić information content (AvgIpc) is 2.25. The quantitative estimate of drug-likeness (QED) is 0.782. The van der Waals surface area contributed by atoms with Crippen LogP contribution < -0.4 is 10.2 Å². The number of halogens is 1. The van der Waals surface area contributed by atoms with Crippen molar-refractivity contribution in [1.82, 2.24) is 5.48 Å². The second kappa shape index (κ2) is 6.85. The van der Waals surface area contributed by atoms with E-state index in [1.165, 1.54) is 7.11 Å². The first kappa shape index (κ1) is 13.4. The van der Waals surface area contributed by atoms with E-state index in [1.54, 1.807) is 0 Å². The molecule has 0 aromatic heterocycles. The molecule has 2 N–H and O–H groups in total. The zero-order chi connectivity index (χ0) is 12.0. The first-order chi connectivity index (χ1) is 7.63. The molecule has 0 saturated carbocycles.